The highest BCUT2D eigenvalue weighted by Crippen LogP contribution is 2.39. The monoisotopic (exact) mass is 393 g/mol. The molecule has 1 aromatic heterocycles. The molecule has 0 aliphatic carbocycles. The van der Waals surface area contributed by atoms with Crippen LogP contribution in [0.15, 0.2) is 42.7 Å². The molecule has 29 heavy (non-hydrogen) atoms. The van der Waals surface area contributed by atoms with Gasteiger partial charge < -0.3 is 10.2 Å². The third-order valence-electron chi connectivity index (χ3n) is 6.16. The lowest BCUT2D eigenvalue weighted by Crippen LogP contribution is -2.59. The Morgan fingerprint density at radius 1 is 1.00 bits per heavy atom. The number of hydrogen-bond acceptors (Lipinski definition) is 5. The quantitative estimate of drug-likeness (QED) is 0.781. The Balaban J connectivity index is 1.46. The number of piperidine rings is 1. The summed E-state index contributed by atoms with van der Waals surface area (Å²) >= 11 is 0. The van der Waals surface area contributed by atoms with Crippen molar-refractivity contribution in [2.24, 2.45) is 0 Å². The summed E-state index contributed by atoms with van der Waals surface area (Å²) in [6, 6.07) is 10.3. The van der Waals surface area contributed by atoms with Crippen LogP contribution in [0.5, 0.6) is 0 Å². The van der Waals surface area contributed by atoms with E-state index in [1.165, 1.54) is 5.56 Å². The molecule has 6 heteroatoms. The molecule has 0 bridgehead atoms. The van der Waals surface area contributed by atoms with Gasteiger partial charge in [-0.1, -0.05) is 37.3 Å². The molecular weight excluding hydrogens is 362 g/mol. The summed E-state index contributed by atoms with van der Waals surface area (Å²) in [5.41, 5.74) is 1.92. The number of amides is 1. The molecule has 1 unspecified atom stereocenters. The summed E-state index contributed by atoms with van der Waals surface area (Å²) < 4.78 is 0. The fourth-order valence-corrected chi connectivity index (χ4v) is 4.69. The molecule has 1 spiro atoms. The third-order valence-corrected chi connectivity index (χ3v) is 6.16. The van der Waals surface area contributed by atoms with Crippen LogP contribution in [-0.2, 0) is 17.9 Å². The van der Waals surface area contributed by atoms with E-state index < -0.39 is 0 Å². The van der Waals surface area contributed by atoms with E-state index in [0.29, 0.717) is 18.4 Å². The Labute approximate surface area is 173 Å². The number of benzene rings is 1. The van der Waals surface area contributed by atoms with Crippen molar-refractivity contribution >= 4 is 11.9 Å². The molecule has 1 aromatic carbocycles. The largest absolute Gasteiger partial charge is 0.354 e. The molecule has 2 aliphatic rings. The Kier molecular flexibility index (Phi) is 6.09. The van der Waals surface area contributed by atoms with Crippen LogP contribution >= 0.6 is 0 Å². The molecule has 2 saturated heterocycles. The number of aromatic nitrogens is 2. The highest BCUT2D eigenvalue weighted by atomic mass is 16.2. The van der Waals surface area contributed by atoms with E-state index in [4.69, 9.17) is 0 Å². The smallest absolute Gasteiger partial charge is 0.243 e. The third kappa shape index (κ3) is 4.27. The van der Waals surface area contributed by atoms with Gasteiger partial charge in [0.15, 0.2) is 0 Å². The molecule has 4 rings (SSSR count). The molecular formula is C23H31N5O. The maximum absolute atomic E-state index is 13.6. The minimum atomic E-state index is -0.355. The second-order valence-corrected chi connectivity index (χ2v) is 8.21. The lowest BCUT2D eigenvalue weighted by molar-refractivity contribution is -0.148. The van der Waals surface area contributed by atoms with Gasteiger partial charge in [0.1, 0.15) is 5.54 Å². The molecule has 6 nitrogen and oxygen atoms in total. The van der Waals surface area contributed by atoms with E-state index in [9.17, 15) is 4.79 Å². The maximum Gasteiger partial charge on any atom is 0.243 e. The second-order valence-electron chi connectivity index (χ2n) is 8.21. The van der Waals surface area contributed by atoms with Gasteiger partial charge in [-0.2, -0.15) is 0 Å². The number of carbonyl (C=O) groups excluding carboxylic acids is 1. The first kappa shape index (κ1) is 19.8. The molecule has 2 fully saturated rings. The lowest BCUT2D eigenvalue weighted by Gasteiger charge is -2.44. The van der Waals surface area contributed by atoms with Crippen LogP contribution in [0.1, 0.15) is 50.2 Å². The molecule has 154 valence electrons. The number of nitrogens with one attached hydrogen (secondary N) is 1. The van der Waals surface area contributed by atoms with Gasteiger partial charge in [0.2, 0.25) is 11.9 Å². The predicted octanol–water partition coefficient (Wildman–Crippen LogP) is 3.46. The summed E-state index contributed by atoms with van der Waals surface area (Å²) in [5, 5.41) is 3.21. The Hall–Kier alpha value is -2.47. The van der Waals surface area contributed by atoms with Crippen molar-refractivity contribution in [3.8, 4) is 0 Å². The van der Waals surface area contributed by atoms with Crippen LogP contribution < -0.4 is 5.32 Å². The van der Waals surface area contributed by atoms with Crippen molar-refractivity contribution < 1.29 is 4.79 Å². The first-order valence-corrected chi connectivity index (χ1v) is 10.8. The number of hydrogen-bond donors (Lipinski definition) is 1. The van der Waals surface area contributed by atoms with Crippen molar-refractivity contribution in [3.63, 3.8) is 0 Å². The number of rotatable bonds is 7. The molecule has 2 aliphatic heterocycles. The Morgan fingerprint density at radius 3 is 2.45 bits per heavy atom. The van der Waals surface area contributed by atoms with Crippen LogP contribution in [-0.4, -0.2) is 50.8 Å². The Bertz CT molecular complexity index is 810. The molecule has 1 amide bonds. The van der Waals surface area contributed by atoms with Crippen LogP contribution in [0.25, 0.3) is 0 Å². The minimum absolute atomic E-state index is 0.298. The van der Waals surface area contributed by atoms with Gasteiger partial charge in [0, 0.05) is 44.1 Å². The molecule has 1 atom stereocenters. The van der Waals surface area contributed by atoms with Crippen molar-refractivity contribution in [2.45, 2.75) is 57.7 Å². The lowest BCUT2D eigenvalue weighted by atomic mass is 9.85. The summed E-state index contributed by atoms with van der Waals surface area (Å²) in [7, 11) is 0. The zero-order valence-corrected chi connectivity index (χ0v) is 17.3. The normalized spacial score (nSPS) is 22.4. The van der Waals surface area contributed by atoms with Crippen LogP contribution in [0, 0.1) is 0 Å². The van der Waals surface area contributed by atoms with E-state index in [2.05, 4.69) is 44.1 Å². The standard InChI is InChI=1S/C23H31N5O/c1-2-12-24-22-25-15-20(16-26-22)18-28-14-7-11-23(28)10-6-13-27(21(23)29)17-19-8-4-3-5-9-19/h3-5,8-9,15-16H,2,6-7,10-14,17-18H2,1H3,(H,24,25,26). The van der Waals surface area contributed by atoms with Crippen molar-refractivity contribution in [1.29, 1.82) is 0 Å². The average Bonchev–Trinajstić information content (AvgIpc) is 3.14. The van der Waals surface area contributed by atoms with Gasteiger partial charge in [-0.25, -0.2) is 9.97 Å². The Morgan fingerprint density at radius 2 is 1.72 bits per heavy atom. The fourth-order valence-electron chi connectivity index (χ4n) is 4.69. The fraction of sp³-hybridized carbons (Fsp3) is 0.522. The SMILES string of the molecule is CCCNc1ncc(CN2CCCC23CCCN(Cc2ccccc2)C3=O)cn1. The second kappa shape index (κ2) is 8.91. The summed E-state index contributed by atoms with van der Waals surface area (Å²) in [6.45, 7) is 6.25. The van der Waals surface area contributed by atoms with Gasteiger partial charge in [0.25, 0.3) is 0 Å². The van der Waals surface area contributed by atoms with Gasteiger partial charge in [-0.15, -0.1) is 0 Å². The van der Waals surface area contributed by atoms with E-state index in [1.54, 1.807) is 0 Å². The molecule has 0 saturated carbocycles. The predicted molar refractivity (Wildman–Crippen MR) is 114 cm³/mol. The van der Waals surface area contributed by atoms with E-state index in [1.807, 2.05) is 30.6 Å². The first-order valence-electron chi connectivity index (χ1n) is 10.8. The van der Waals surface area contributed by atoms with Gasteiger partial charge in [0.05, 0.1) is 0 Å². The van der Waals surface area contributed by atoms with E-state index in [-0.39, 0.29) is 5.54 Å². The summed E-state index contributed by atoms with van der Waals surface area (Å²) in [5.74, 6) is 0.974. The number of likely N-dealkylation sites (tertiary alicyclic amines) is 2. The zero-order valence-electron chi connectivity index (χ0n) is 17.3. The number of carbonyl (C=O) groups is 1. The van der Waals surface area contributed by atoms with Crippen molar-refractivity contribution in [1.82, 2.24) is 19.8 Å². The van der Waals surface area contributed by atoms with Gasteiger partial charge >= 0.3 is 0 Å². The summed E-state index contributed by atoms with van der Waals surface area (Å²) in [6.07, 6.45) is 8.87. The molecule has 0 radical (unpaired) electrons. The van der Waals surface area contributed by atoms with E-state index in [0.717, 1.165) is 63.8 Å². The highest BCUT2D eigenvalue weighted by molar-refractivity contribution is 5.87. The zero-order chi connectivity index (χ0) is 20.1. The topological polar surface area (TPSA) is 61.4 Å². The van der Waals surface area contributed by atoms with Crippen LogP contribution in [0.2, 0.25) is 0 Å². The van der Waals surface area contributed by atoms with Crippen molar-refractivity contribution in [2.75, 3.05) is 25.0 Å². The number of nitrogens with zero attached hydrogens (tertiary/aromatic N) is 4. The first-order chi connectivity index (χ1) is 14.2. The molecule has 1 N–H and O–H groups in total. The van der Waals surface area contributed by atoms with Crippen LogP contribution in [0.3, 0.4) is 0 Å². The molecule has 3 heterocycles. The van der Waals surface area contributed by atoms with Gasteiger partial charge in [-0.3, -0.25) is 9.69 Å². The maximum atomic E-state index is 13.6. The van der Waals surface area contributed by atoms with Crippen molar-refractivity contribution in [3.05, 3.63) is 53.9 Å². The minimum Gasteiger partial charge on any atom is -0.354 e. The molecule has 2 aromatic rings. The van der Waals surface area contributed by atoms with E-state index >= 15 is 0 Å². The number of anilines is 1. The summed E-state index contributed by atoms with van der Waals surface area (Å²) in [4.78, 5) is 26.9. The average molecular weight is 394 g/mol. The van der Waals surface area contributed by atoms with Gasteiger partial charge in [-0.05, 0) is 44.2 Å². The highest BCUT2D eigenvalue weighted by Gasteiger charge is 2.50. The van der Waals surface area contributed by atoms with Crippen LogP contribution in [0.4, 0.5) is 5.95 Å².